The molecule has 0 saturated heterocycles. The molecule has 0 saturated carbocycles. The number of benzene rings is 1. The summed E-state index contributed by atoms with van der Waals surface area (Å²) in [4.78, 5) is 32.5. The van der Waals surface area contributed by atoms with Crippen LogP contribution in [0, 0.1) is 5.92 Å². The first-order valence-corrected chi connectivity index (χ1v) is 12.4. The number of aromatic nitrogens is 2. The molecule has 0 fully saturated rings. The minimum absolute atomic E-state index is 0.0284. The summed E-state index contributed by atoms with van der Waals surface area (Å²) in [6.45, 7) is 5.20. The zero-order valence-corrected chi connectivity index (χ0v) is 19.7. The molecule has 0 bridgehead atoms. The second kappa shape index (κ2) is 9.44. The van der Waals surface area contributed by atoms with Crippen LogP contribution >= 0.6 is 23.1 Å². The highest BCUT2D eigenvalue weighted by molar-refractivity contribution is 7.99. The molecule has 1 amide bonds. The minimum Gasteiger partial charge on any atom is -0.497 e. The van der Waals surface area contributed by atoms with Crippen LogP contribution in [0.2, 0.25) is 0 Å². The Hall–Kier alpha value is -2.32. The van der Waals surface area contributed by atoms with Crippen LogP contribution in [0.15, 0.2) is 34.2 Å². The van der Waals surface area contributed by atoms with E-state index in [1.165, 1.54) is 22.2 Å². The van der Waals surface area contributed by atoms with Crippen molar-refractivity contribution in [1.82, 2.24) is 14.9 Å². The van der Waals surface area contributed by atoms with Gasteiger partial charge in [-0.15, -0.1) is 11.3 Å². The average molecular weight is 458 g/mol. The van der Waals surface area contributed by atoms with Gasteiger partial charge in [-0.1, -0.05) is 30.8 Å². The number of carbonyl (C=O) groups is 1. The van der Waals surface area contributed by atoms with E-state index in [0.29, 0.717) is 24.2 Å². The lowest BCUT2D eigenvalue weighted by Gasteiger charge is -2.17. The van der Waals surface area contributed by atoms with Crippen LogP contribution in [0.3, 0.4) is 0 Å². The number of aryl methyl sites for hydroxylation is 1. The highest BCUT2D eigenvalue weighted by Crippen LogP contribution is 2.36. The Labute approximate surface area is 190 Å². The molecule has 1 N–H and O–H groups in total. The van der Waals surface area contributed by atoms with E-state index in [1.54, 1.807) is 23.0 Å². The zero-order chi connectivity index (χ0) is 22.0. The monoisotopic (exact) mass is 457 g/mol. The maximum absolute atomic E-state index is 13.2. The van der Waals surface area contributed by atoms with Crippen LogP contribution in [0.4, 0.5) is 0 Å². The molecule has 31 heavy (non-hydrogen) atoms. The van der Waals surface area contributed by atoms with Gasteiger partial charge in [0.15, 0.2) is 5.16 Å². The van der Waals surface area contributed by atoms with E-state index in [9.17, 15) is 9.59 Å². The van der Waals surface area contributed by atoms with E-state index in [1.807, 2.05) is 31.2 Å². The van der Waals surface area contributed by atoms with E-state index in [-0.39, 0.29) is 17.2 Å². The van der Waals surface area contributed by atoms with Gasteiger partial charge >= 0.3 is 0 Å². The molecular formula is C23H27N3O3S2. The molecule has 2 heterocycles. The third-order valence-electron chi connectivity index (χ3n) is 5.68. The van der Waals surface area contributed by atoms with Gasteiger partial charge in [-0.3, -0.25) is 14.2 Å². The average Bonchev–Trinajstić information content (AvgIpc) is 3.14. The molecule has 1 unspecified atom stereocenters. The topological polar surface area (TPSA) is 73.2 Å². The van der Waals surface area contributed by atoms with Gasteiger partial charge in [0.2, 0.25) is 5.91 Å². The number of hydrogen-bond donors (Lipinski definition) is 1. The lowest BCUT2D eigenvalue weighted by molar-refractivity contribution is -0.118. The van der Waals surface area contributed by atoms with Crippen LogP contribution in [-0.4, -0.2) is 28.3 Å². The number of rotatable bonds is 7. The molecule has 0 spiro atoms. The Bertz CT molecular complexity index is 1150. The first-order chi connectivity index (χ1) is 15.0. The van der Waals surface area contributed by atoms with Crippen molar-refractivity contribution in [2.24, 2.45) is 5.92 Å². The smallest absolute Gasteiger partial charge is 0.263 e. The fourth-order valence-electron chi connectivity index (χ4n) is 3.92. The minimum atomic E-state index is -0.0860. The molecule has 0 aliphatic heterocycles. The van der Waals surface area contributed by atoms with Gasteiger partial charge < -0.3 is 10.1 Å². The first-order valence-electron chi connectivity index (χ1n) is 10.6. The number of amides is 1. The van der Waals surface area contributed by atoms with Crippen molar-refractivity contribution >= 4 is 39.2 Å². The molecule has 0 radical (unpaired) electrons. The molecule has 4 rings (SSSR count). The van der Waals surface area contributed by atoms with Crippen molar-refractivity contribution in [3.8, 4) is 5.75 Å². The van der Waals surface area contributed by atoms with Crippen molar-refractivity contribution in [3.63, 3.8) is 0 Å². The maximum Gasteiger partial charge on any atom is 0.263 e. The highest BCUT2D eigenvalue weighted by Gasteiger charge is 2.24. The molecule has 1 atom stereocenters. The fourth-order valence-corrected chi connectivity index (χ4v) is 6.24. The summed E-state index contributed by atoms with van der Waals surface area (Å²) in [5.41, 5.74) is 2.23. The van der Waals surface area contributed by atoms with Crippen LogP contribution < -0.4 is 15.6 Å². The standard InChI is InChI=1S/C23H27N3O3S2/c1-4-26-22(28)20-17-10-5-14(2)11-18(17)31-21(20)25-23(26)30-13-19(27)24-12-15-6-8-16(29-3)9-7-15/h6-9,14H,4-5,10-13H2,1-3H3,(H,24,27). The molecule has 6 nitrogen and oxygen atoms in total. The SMILES string of the molecule is CCn1c(SCC(=O)NCc2ccc(OC)cc2)nc2sc3c(c2c1=O)CCC(C)C3. The molecule has 164 valence electrons. The number of thioether (sulfide) groups is 1. The van der Waals surface area contributed by atoms with Gasteiger partial charge in [0.1, 0.15) is 10.6 Å². The molecule has 2 aromatic heterocycles. The van der Waals surface area contributed by atoms with Crippen molar-refractivity contribution in [2.75, 3.05) is 12.9 Å². The number of nitrogens with one attached hydrogen (secondary N) is 1. The number of fused-ring (bicyclic) bond motifs is 3. The van der Waals surface area contributed by atoms with E-state index in [2.05, 4.69) is 12.2 Å². The number of ether oxygens (including phenoxy) is 1. The van der Waals surface area contributed by atoms with Crippen LogP contribution in [0.5, 0.6) is 5.75 Å². The largest absolute Gasteiger partial charge is 0.497 e. The quantitative estimate of drug-likeness (QED) is 0.429. The summed E-state index contributed by atoms with van der Waals surface area (Å²) in [5.74, 6) is 1.57. The Morgan fingerprint density at radius 3 is 2.84 bits per heavy atom. The molecular weight excluding hydrogens is 430 g/mol. The number of carbonyl (C=O) groups excluding carboxylic acids is 1. The Kier molecular flexibility index (Phi) is 6.67. The normalized spacial score (nSPS) is 15.6. The number of thiophene rings is 1. The lowest BCUT2D eigenvalue weighted by atomic mass is 9.89. The van der Waals surface area contributed by atoms with Crippen molar-refractivity contribution in [2.45, 2.75) is 51.4 Å². The van der Waals surface area contributed by atoms with Gasteiger partial charge in [-0.2, -0.15) is 0 Å². The van der Waals surface area contributed by atoms with Gasteiger partial charge in [0, 0.05) is 18.0 Å². The Morgan fingerprint density at radius 2 is 2.13 bits per heavy atom. The first kappa shape index (κ1) is 21.9. The van der Waals surface area contributed by atoms with E-state index in [0.717, 1.165) is 40.8 Å². The van der Waals surface area contributed by atoms with Gasteiger partial charge in [0.05, 0.1) is 18.2 Å². The third-order valence-corrected chi connectivity index (χ3v) is 7.80. The van der Waals surface area contributed by atoms with Crippen molar-refractivity contribution < 1.29 is 9.53 Å². The van der Waals surface area contributed by atoms with Crippen molar-refractivity contribution in [1.29, 1.82) is 0 Å². The summed E-state index contributed by atoms with van der Waals surface area (Å²) < 4.78 is 6.85. The molecule has 8 heteroatoms. The fraction of sp³-hybridized carbons (Fsp3) is 0.435. The summed E-state index contributed by atoms with van der Waals surface area (Å²) in [6.07, 6.45) is 3.10. The molecule has 3 aromatic rings. The van der Waals surface area contributed by atoms with E-state index < -0.39 is 0 Å². The van der Waals surface area contributed by atoms with Crippen molar-refractivity contribution in [3.05, 3.63) is 50.6 Å². The van der Waals surface area contributed by atoms with Gasteiger partial charge in [0.25, 0.3) is 5.56 Å². The summed E-state index contributed by atoms with van der Waals surface area (Å²) >= 11 is 2.97. The Balaban J connectivity index is 1.47. The third kappa shape index (κ3) is 4.65. The predicted octanol–water partition coefficient (Wildman–Crippen LogP) is 4.02. The number of nitrogens with zero attached hydrogens (tertiary/aromatic N) is 2. The summed E-state index contributed by atoms with van der Waals surface area (Å²) in [6, 6.07) is 7.60. The summed E-state index contributed by atoms with van der Waals surface area (Å²) in [7, 11) is 1.63. The molecule has 1 aromatic carbocycles. The number of hydrogen-bond acceptors (Lipinski definition) is 6. The Morgan fingerprint density at radius 1 is 1.35 bits per heavy atom. The second-order valence-corrected chi connectivity index (χ2v) is 9.92. The van der Waals surface area contributed by atoms with Gasteiger partial charge in [-0.25, -0.2) is 4.98 Å². The van der Waals surface area contributed by atoms with E-state index in [4.69, 9.17) is 9.72 Å². The zero-order valence-electron chi connectivity index (χ0n) is 18.1. The van der Waals surface area contributed by atoms with E-state index >= 15 is 0 Å². The molecule has 1 aliphatic rings. The van der Waals surface area contributed by atoms with Crippen LogP contribution in [0.25, 0.3) is 10.2 Å². The lowest BCUT2D eigenvalue weighted by Crippen LogP contribution is -2.26. The van der Waals surface area contributed by atoms with Crippen LogP contribution in [-0.2, 0) is 30.7 Å². The second-order valence-electron chi connectivity index (χ2n) is 7.89. The number of methoxy groups -OCH3 is 1. The highest BCUT2D eigenvalue weighted by atomic mass is 32.2. The molecule has 1 aliphatic carbocycles. The predicted molar refractivity (Wildman–Crippen MR) is 126 cm³/mol. The maximum atomic E-state index is 13.2. The van der Waals surface area contributed by atoms with Crippen LogP contribution in [0.1, 0.15) is 36.3 Å². The van der Waals surface area contributed by atoms with Gasteiger partial charge in [-0.05, 0) is 55.4 Å². The summed E-state index contributed by atoms with van der Waals surface area (Å²) in [5, 5.41) is 4.34.